The molecule has 0 atom stereocenters. The monoisotopic (exact) mass is 1020 g/mol. The molecule has 0 saturated heterocycles. The fourth-order valence-corrected chi connectivity index (χ4v) is 13.8. The Morgan fingerprint density at radius 3 is 1.58 bits per heavy atom. The normalized spacial score (nSPS) is 13.7. The Labute approximate surface area is 461 Å². The fraction of sp³-hybridized carbons (Fsp3) is 0.233. The van der Waals surface area contributed by atoms with E-state index in [1.165, 1.54) is 137 Å². The highest BCUT2D eigenvalue weighted by molar-refractivity contribution is 7.33. The van der Waals surface area contributed by atoms with Crippen molar-refractivity contribution in [2.45, 2.75) is 111 Å². The van der Waals surface area contributed by atoms with Crippen molar-refractivity contribution in [1.29, 1.82) is 0 Å². The quantitative estimate of drug-likeness (QED) is 0.121. The highest BCUT2D eigenvalue weighted by atomic mass is 32.1. The van der Waals surface area contributed by atoms with Gasteiger partial charge in [-0.15, -0.1) is 11.3 Å². The van der Waals surface area contributed by atoms with E-state index in [1.54, 1.807) is 0 Å². The minimum Gasteiger partial charge on any atom is -0.311 e. The molecule has 380 valence electrons. The van der Waals surface area contributed by atoms with Crippen LogP contribution in [0.4, 0.5) is 34.1 Å². The second-order valence-electron chi connectivity index (χ2n) is 25.8. The first-order chi connectivity index (χ1) is 36.8. The van der Waals surface area contributed by atoms with E-state index in [4.69, 9.17) is 0 Å². The van der Waals surface area contributed by atoms with E-state index >= 15 is 0 Å². The van der Waals surface area contributed by atoms with Gasteiger partial charge in [0, 0.05) is 43.2 Å². The zero-order valence-electron chi connectivity index (χ0n) is 47.0. The van der Waals surface area contributed by atoms with Crippen LogP contribution in [-0.4, -0.2) is 6.71 Å². The van der Waals surface area contributed by atoms with E-state index in [1.807, 2.05) is 11.3 Å². The Kier molecular flexibility index (Phi) is 11.2. The average molecular weight is 1020 g/mol. The second-order valence-corrected chi connectivity index (χ2v) is 26.9. The highest BCUT2D eigenvalue weighted by Crippen LogP contribution is 2.51. The zero-order chi connectivity index (χ0) is 53.5. The van der Waals surface area contributed by atoms with Crippen LogP contribution in [-0.2, 0) is 21.7 Å². The van der Waals surface area contributed by atoms with Crippen LogP contribution in [0.25, 0.3) is 64.7 Å². The van der Waals surface area contributed by atoms with Crippen LogP contribution in [0.1, 0.15) is 112 Å². The molecular weight excluding hydrogens is 948 g/mol. The standard InChI is InChI=1S/C73H69BN2S/c1-13-73(11,12)51-32-38-63-61(44-51)74-67-64(75(68-60-43-50(72(8,9)10)33-39-66(60)77-69(68)74)52-34-28-45(29-35-52)46-20-18-21-48(40-46)70(2,3)4)26-19-27-65(67)76(63)62-37-31-49(71(5,6)7)42-58(62)47-30-36-57-55-24-15-14-22-53(55)54-23-16-17-25-56(54)59(57)41-47/h14-44H,13H2,1-12H3. The molecule has 0 aliphatic carbocycles. The summed E-state index contributed by atoms with van der Waals surface area (Å²) in [6, 6.07) is 72.8. The van der Waals surface area contributed by atoms with Gasteiger partial charge < -0.3 is 9.80 Å². The first-order valence-corrected chi connectivity index (χ1v) is 28.7. The zero-order valence-corrected chi connectivity index (χ0v) is 47.8. The number of benzene rings is 10. The summed E-state index contributed by atoms with van der Waals surface area (Å²) < 4.78 is 2.72. The molecule has 4 heteroatoms. The first-order valence-electron chi connectivity index (χ1n) is 27.9. The van der Waals surface area contributed by atoms with Gasteiger partial charge >= 0.3 is 0 Å². The molecule has 13 rings (SSSR count). The van der Waals surface area contributed by atoms with Gasteiger partial charge in [0.1, 0.15) is 0 Å². The lowest BCUT2D eigenvalue weighted by atomic mass is 9.36. The summed E-state index contributed by atoms with van der Waals surface area (Å²) in [7, 11) is 0. The molecule has 0 spiro atoms. The first kappa shape index (κ1) is 49.2. The summed E-state index contributed by atoms with van der Waals surface area (Å²) in [5.41, 5.74) is 20.3. The SMILES string of the molecule is CCC(C)(C)c1ccc2c(c1)B1c3sc4ccc(C(C)(C)C)cc4c3N(c3ccc(-c4cccc(C(C)(C)C)c4)cc3)c3cccc(c31)N2c1ccc(C(C)(C)C)cc1-c1ccc2c3ccccc3c3ccccc3c2c1. The molecule has 1 aromatic heterocycles. The fourth-order valence-electron chi connectivity index (χ4n) is 12.5. The van der Waals surface area contributed by atoms with Gasteiger partial charge in [0.15, 0.2) is 0 Å². The van der Waals surface area contributed by atoms with Gasteiger partial charge in [-0.25, -0.2) is 0 Å². The number of hydrogen-bond acceptors (Lipinski definition) is 3. The van der Waals surface area contributed by atoms with Crippen LogP contribution in [0.2, 0.25) is 0 Å². The summed E-state index contributed by atoms with van der Waals surface area (Å²) in [6.07, 6.45) is 1.04. The molecule has 3 heterocycles. The molecule has 2 aliphatic heterocycles. The van der Waals surface area contributed by atoms with Crippen molar-refractivity contribution >= 4 is 110 Å². The Bertz CT molecular complexity index is 4160. The topological polar surface area (TPSA) is 6.48 Å². The number of rotatable bonds is 6. The van der Waals surface area contributed by atoms with E-state index in [-0.39, 0.29) is 28.4 Å². The molecule has 2 aliphatic rings. The molecule has 2 nitrogen and oxygen atoms in total. The Balaban J connectivity index is 1.09. The third-order valence-corrected chi connectivity index (χ3v) is 18.7. The summed E-state index contributed by atoms with van der Waals surface area (Å²) >= 11 is 1.99. The van der Waals surface area contributed by atoms with Crippen molar-refractivity contribution in [3.63, 3.8) is 0 Å². The van der Waals surface area contributed by atoms with E-state index in [0.717, 1.165) is 6.42 Å². The summed E-state index contributed by atoms with van der Waals surface area (Å²) in [5, 5.41) is 9.04. The van der Waals surface area contributed by atoms with Crippen molar-refractivity contribution in [2.75, 3.05) is 9.80 Å². The van der Waals surface area contributed by atoms with Crippen LogP contribution in [0.5, 0.6) is 0 Å². The third-order valence-electron chi connectivity index (χ3n) is 17.5. The lowest BCUT2D eigenvalue weighted by Gasteiger charge is -2.44. The Hall–Kier alpha value is -7.40. The number of nitrogens with zero attached hydrogens (tertiary/aromatic N) is 2. The largest absolute Gasteiger partial charge is 0.311 e. The van der Waals surface area contributed by atoms with Crippen molar-refractivity contribution in [3.8, 4) is 22.3 Å². The minimum atomic E-state index is -0.0691. The van der Waals surface area contributed by atoms with Gasteiger partial charge in [-0.1, -0.05) is 210 Å². The van der Waals surface area contributed by atoms with E-state index in [0.29, 0.717) is 0 Å². The van der Waals surface area contributed by atoms with E-state index in [9.17, 15) is 0 Å². The van der Waals surface area contributed by atoms with Crippen LogP contribution >= 0.6 is 11.3 Å². The molecule has 0 bridgehead atoms. The molecule has 0 radical (unpaired) electrons. The van der Waals surface area contributed by atoms with Crippen molar-refractivity contribution in [3.05, 3.63) is 210 Å². The molecule has 0 N–H and O–H groups in total. The Morgan fingerprint density at radius 1 is 0.390 bits per heavy atom. The summed E-state index contributed by atoms with van der Waals surface area (Å²) in [6.45, 7) is 28.1. The van der Waals surface area contributed by atoms with E-state index < -0.39 is 0 Å². The Morgan fingerprint density at radius 2 is 0.935 bits per heavy atom. The predicted molar refractivity (Wildman–Crippen MR) is 339 cm³/mol. The summed E-state index contributed by atoms with van der Waals surface area (Å²) in [4.78, 5) is 5.26. The maximum absolute atomic E-state index is 2.64. The van der Waals surface area contributed by atoms with Crippen LogP contribution in [0, 0.1) is 0 Å². The highest BCUT2D eigenvalue weighted by Gasteiger charge is 2.46. The smallest absolute Gasteiger partial charge is 0.264 e. The van der Waals surface area contributed by atoms with E-state index in [2.05, 4.69) is 281 Å². The van der Waals surface area contributed by atoms with Gasteiger partial charge in [0.05, 0.1) is 11.4 Å². The van der Waals surface area contributed by atoms with Gasteiger partial charge in [-0.3, -0.25) is 0 Å². The number of thiophene rings is 1. The molecule has 0 unspecified atom stereocenters. The van der Waals surface area contributed by atoms with Gasteiger partial charge in [0.25, 0.3) is 6.71 Å². The lowest BCUT2D eigenvalue weighted by Crippen LogP contribution is -2.60. The molecule has 11 aromatic rings. The van der Waals surface area contributed by atoms with Crippen molar-refractivity contribution in [2.24, 2.45) is 0 Å². The maximum Gasteiger partial charge on any atom is 0.264 e. The third kappa shape index (κ3) is 7.95. The molecule has 0 saturated carbocycles. The van der Waals surface area contributed by atoms with Crippen LogP contribution in [0.15, 0.2) is 188 Å². The average Bonchev–Trinajstić information content (AvgIpc) is 4.10. The number of fused-ring (bicyclic) bond motifs is 12. The van der Waals surface area contributed by atoms with Crippen molar-refractivity contribution in [1.82, 2.24) is 0 Å². The maximum atomic E-state index is 2.64. The van der Waals surface area contributed by atoms with Crippen LogP contribution in [0.3, 0.4) is 0 Å². The number of hydrogen-bond donors (Lipinski definition) is 0. The van der Waals surface area contributed by atoms with Gasteiger partial charge in [-0.2, -0.15) is 0 Å². The molecule has 77 heavy (non-hydrogen) atoms. The lowest BCUT2D eigenvalue weighted by molar-refractivity contribution is 0.506. The molecule has 0 fully saturated rings. The molecule has 10 aromatic carbocycles. The van der Waals surface area contributed by atoms with Crippen LogP contribution < -0.4 is 25.5 Å². The van der Waals surface area contributed by atoms with Gasteiger partial charge in [-0.05, 0) is 171 Å². The number of anilines is 6. The predicted octanol–water partition coefficient (Wildman–Crippen LogP) is 19.4. The van der Waals surface area contributed by atoms with Gasteiger partial charge in [0.2, 0.25) is 0 Å². The molecule has 0 amide bonds. The summed E-state index contributed by atoms with van der Waals surface area (Å²) in [5.74, 6) is 0. The molecular formula is C73H69BN2S. The van der Waals surface area contributed by atoms with Crippen molar-refractivity contribution < 1.29 is 0 Å². The minimum absolute atomic E-state index is 0.0123. The second kappa shape index (κ2) is 17.6.